The van der Waals surface area contributed by atoms with E-state index in [4.69, 9.17) is 0 Å². The van der Waals surface area contributed by atoms with Crippen LogP contribution in [-0.4, -0.2) is 61.6 Å². The summed E-state index contributed by atoms with van der Waals surface area (Å²) in [5, 5.41) is 0. The van der Waals surface area contributed by atoms with Gasteiger partial charge in [-0.1, -0.05) is 6.92 Å². The van der Waals surface area contributed by atoms with Gasteiger partial charge in [-0.05, 0) is 0 Å². The van der Waals surface area contributed by atoms with E-state index in [0.29, 0.717) is 6.42 Å². The first kappa shape index (κ1) is 16.2. The Morgan fingerprint density at radius 3 is 2.11 bits per heavy atom. The topological polar surface area (TPSA) is 57.7 Å². The van der Waals surface area contributed by atoms with Crippen LogP contribution in [0.2, 0.25) is 0 Å². The summed E-state index contributed by atoms with van der Waals surface area (Å²) < 4.78 is 60.5. The lowest BCUT2D eigenvalue weighted by atomic mass is 10.3. The summed E-state index contributed by atoms with van der Waals surface area (Å²) in [6, 6.07) is 0. The summed E-state index contributed by atoms with van der Waals surface area (Å²) in [5.41, 5.74) is 0. The zero-order valence-corrected chi connectivity index (χ0v) is 11.4. The van der Waals surface area contributed by atoms with Crippen molar-refractivity contribution in [2.45, 2.75) is 25.9 Å². The van der Waals surface area contributed by atoms with E-state index in [1.807, 2.05) is 0 Å². The minimum Gasteiger partial charge on any atom is -0.340 e. The molecule has 0 saturated carbocycles. The average Bonchev–Trinajstić information content (AvgIpc) is 2.35. The van der Waals surface area contributed by atoms with Crippen molar-refractivity contribution in [3.05, 3.63) is 0 Å². The highest BCUT2D eigenvalue weighted by molar-refractivity contribution is 7.89. The van der Waals surface area contributed by atoms with Gasteiger partial charge in [-0.3, -0.25) is 4.79 Å². The van der Waals surface area contributed by atoms with Gasteiger partial charge in [0.1, 0.15) is 0 Å². The van der Waals surface area contributed by atoms with Crippen molar-refractivity contribution >= 4 is 15.9 Å². The maximum atomic E-state index is 12.0. The van der Waals surface area contributed by atoms with E-state index in [-0.39, 0.29) is 32.1 Å². The molecule has 0 aromatic heterocycles. The molecule has 1 rings (SSSR count). The normalized spacial score (nSPS) is 18.6. The fourth-order valence-corrected chi connectivity index (χ4v) is 3.28. The highest BCUT2D eigenvalue weighted by atomic mass is 32.2. The van der Waals surface area contributed by atoms with Gasteiger partial charge < -0.3 is 4.90 Å². The van der Waals surface area contributed by atoms with Gasteiger partial charge in [0.2, 0.25) is 15.9 Å². The second-order valence-electron chi connectivity index (χ2n) is 4.31. The van der Waals surface area contributed by atoms with Crippen LogP contribution in [0.5, 0.6) is 0 Å². The van der Waals surface area contributed by atoms with E-state index in [1.165, 1.54) is 4.90 Å². The molecule has 1 aliphatic rings. The Morgan fingerprint density at radius 2 is 1.68 bits per heavy atom. The quantitative estimate of drug-likeness (QED) is 0.772. The molecule has 0 aromatic rings. The number of piperazine rings is 1. The van der Waals surface area contributed by atoms with Gasteiger partial charge in [0, 0.05) is 32.6 Å². The van der Waals surface area contributed by atoms with Gasteiger partial charge >= 0.3 is 6.18 Å². The molecule has 1 amide bonds. The van der Waals surface area contributed by atoms with Gasteiger partial charge in [0.25, 0.3) is 0 Å². The molecule has 0 radical (unpaired) electrons. The minimum atomic E-state index is -4.48. The third kappa shape index (κ3) is 4.98. The molecule has 1 aliphatic heterocycles. The first-order valence-corrected chi connectivity index (χ1v) is 7.59. The van der Waals surface area contributed by atoms with Gasteiger partial charge in [0.15, 0.2) is 0 Å². The summed E-state index contributed by atoms with van der Waals surface area (Å²) in [5.74, 6) is -1.01. The Balaban J connectivity index is 2.52. The van der Waals surface area contributed by atoms with Crippen LogP contribution >= 0.6 is 0 Å². The van der Waals surface area contributed by atoms with Crippen molar-refractivity contribution in [1.29, 1.82) is 0 Å². The van der Waals surface area contributed by atoms with Gasteiger partial charge in [0.05, 0.1) is 12.2 Å². The van der Waals surface area contributed by atoms with Crippen LogP contribution in [0.1, 0.15) is 19.8 Å². The lowest BCUT2D eigenvalue weighted by molar-refractivity contribution is -0.132. The molecule has 0 N–H and O–H groups in total. The highest BCUT2D eigenvalue weighted by Crippen LogP contribution is 2.21. The first-order valence-electron chi connectivity index (χ1n) is 5.98. The smallest absolute Gasteiger partial charge is 0.340 e. The molecule has 1 heterocycles. The number of carbonyl (C=O) groups excluding carboxylic acids is 1. The summed E-state index contributed by atoms with van der Waals surface area (Å²) in [6.45, 7) is 2.29. The van der Waals surface area contributed by atoms with Crippen molar-refractivity contribution in [2.24, 2.45) is 0 Å². The molecule has 112 valence electrons. The molecular formula is C10H17F3N2O3S. The van der Waals surface area contributed by atoms with E-state index >= 15 is 0 Å². The second-order valence-corrected chi connectivity index (χ2v) is 6.40. The number of alkyl halides is 3. The van der Waals surface area contributed by atoms with Gasteiger partial charge in [-0.15, -0.1) is 0 Å². The zero-order chi connectivity index (χ0) is 14.7. The van der Waals surface area contributed by atoms with Crippen LogP contribution in [0, 0.1) is 0 Å². The second kappa shape index (κ2) is 6.08. The number of sulfonamides is 1. The molecule has 9 heteroatoms. The predicted octanol–water partition coefficient (Wildman–Crippen LogP) is 0.823. The molecule has 0 spiro atoms. The van der Waals surface area contributed by atoms with Crippen molar-refractivity contribution < 1.29 is 26.4 Å². The largest absolute Gasteiger partial charge is 0.390 e. The minimum absolute atomic E-state index is 0.0614. The van der Waals surface area contributed by atoms with Crippen LogP contribution in [0.15, 0.2) is 0 Å². The first-order chi connectivity index (χ1) is 8.65. The Bertz CT molecular complexity index is 414. The SMILES string of the molecule is CCC(=O)N1CCN(S(=O)(=O)CCC(F)(F)F)CC1. The highest BCUT2D eigenvalue weighted by Gasteiger charge is 2.34. The molecule has 0 bridgehead atoms. The molecule has 0 aromatic carbocycles. The number of rotatable bonds is 4. The van der Waals surface area contributed by atoms with Crippen LogP contribution < -0.4 is 0 Å². The van der Waals surface area contributed by atoms with E-state index in [2.05, 4.69) is 0 Å². The molecule has 1 fully saturated rings. The van der Waals surface area contributed by atoms with E-state index in [9.17, 15) is 26.4 Å². The van der Waals surface area contributed by atoms with Gasteiger partial charge in [-0.25, -0.2) is 8.42 Å². The number of hydrogen-bond donors (Lipinski definition) is 0. The molecule has 0 unspecified atom stereocenters. The predicted molar refractivity (Wildman–Crippen MR) is 62.9 cm³/mol. The van der Waals surface area contributed by atoms with E-state index in [0.717, 1.165) is 4.31 Å². The lowest BCUT2D eigenvalue weighted by Gasteiger charge is -2.34. The standard InChI is InChI=1S/C10H17F3N2O3S/c1-2-9(16)14-4-6-15(7-5-14)19(17,18)8-3-10(11,12)13/h2-8H2,1H3. The van der Waals surface area contributed by atoms with Crippen LogP contribution in [0.4, 0.5) is 13.2 Å². The van der Waals surface area contributed by atoms with Crippen molar-refractivity contribution in [3.8, 4) is 0 Å². The van der Waals surface area contributed by atoms with Crippen molar-refractivity contribution in [3.63, 3.8) is 0 Å². The number of halogens is 3. The van der Waals surface area contributed by atoms with Crippen LogP contribution in [0.3, 0.4) is 0 Å². The Kier molecular flexibility index (Phi) is 5.19. The number of hydrogen-bond acceptors (Lipinski definition) is 3. The van der Waals surface area contributed by atoms with Crippen molar-refractivity contribution in [1.82, 2.24) is 9.21 Å². The van der Waals surface area contributed by atoms with E-state index in [1.54, 1.807) is 6.92 Å². The molecule has 0 atom stereocenters. The summed E-state index contributed by atoms with van der Waals surface area (Å²) in [4.78, 5) is 12.9. The molecule has 0 aliphatic carbocycles. The Hall–Kier alpha value is -0.830. The number of carbonyl (C=O) groups is 1. The molecule has 5 nitrogen and oxygen atoms in total. The van der Waals surface area contributed by atoms with E-state index < -0.39 is 28.4 Å². The monoisotopic (exact) mass is 302 g/mol. The molecular weight excluding hydrogens is 285 g/mol. The zero-order valence-electron chi connectivity index (χ0n) is 10.6. The Labute approximate surface area is 110 Å². The maximum Gasteiger partial charge on any atom is 0.390 e. The fraction of sp³-hybridized carbons (Fsp3) is 0.900. The summed E-state index contributed by atoms with van der Waals surface area (Å²) >= 11 is 0. The summed E-state index contributed by atoms with van der Waals surface area (Å²) in [7, 11) is -3.90. The van der Waals surface area contributed by atoms with Crippen molar-refractivity contribution in [2.75, 3.05) is 31.9 Å². The lowest BCUT2D eigenvalue weighted by Crippen LogP contribution is -2.51. The fourth-order valence-electron chi connectivity index (χ4n) is 1.81. The van der Waals surface area contributed by atoms with Crippen LogP contribution in [-0.2, 0) is 14.8 Å². The van der Waals surface area contributed by atoms with Crippen LogP contribution in [0.25, 0.3) is 0 Å². The average molecular weight is 302 g/mol. The molecule has 1 saturated heterocycles. The Morgan fingerprint density at radius 1 is 1.16 bits per heavy atom. The van der Waals surface area contributed by atoms with Gasteiger partial charge in [-0.2, -0.15) is 17.5 Å². The molecule has 19 heavy (non-hydrogen) atoms. The maximum absolute atomic E-state index is 12.0. The third-order valence-corrected chi connectivity index (χ3v) is 4.80. The third-order valence-electron chi connectivity index (χ3n) is 2.93. The summed E-state index contributed by atoms with van der Waals surface area (Å²) in [6.07, 6.45) is -5.49. The number of amides is 1. The number of nitrogens with zero attached hydrogens (tertiary/aromatic N) is 2.